The molecule has 0 saturated heterocycles. The maximum absolute atomic E-state index is 12.3. The third kappa shape index (κ3) is 4.38. The molecule has 142 valence electrons. The number of aromatic nitrogens is 1. The van der Waals surface area contributed by atoms with Gasteiger partial charge in [-0.05, 0) is 17.7 Å². The van der Waals surface area contributed by atoms with E-state index in [-0.39, 0.29) is 17.0 Å². The summed E-state index contributed by atoms with van der Waals surface area (Å²) in [4.78, 5) is 38.9. The Morgan fingerprint density at radius 3 is 2.68 bits per heavy atom. The molecule has 0 fully saturated rings. The van der Waals surface area contributed by atoms with Crippen molar-refractivity contribution >= 4 is 45.2 Å². The molecule has 0 saturated carbocycles. The molecule has 1 aromatic heterocycles. The molecule has 0 aliphatic rings. The Kier molecular flexibility index (Phi) is 5.75. The molecule has 0 radical (unpaired) electrons. The molecule has 2 aromatic carbocycles. The van der Waals surface area contributed by atoms with Gasteiger partial charge in [0.2, 0.25) is 0 Å². The number of hydrogen-bond donors (Lipinski definition) is 0. The first-order chi connectivity index (χ1) is 13.5. The van der Waals surface area contributed by atoms with E-state index in [0.29, 0.717) is 10.2 Å². The first-order valence-corrected chi connectivity index (χ1v) is 8.96. The average Bonchev–Trinajstić information content (AvgIpc) is 3.03. The quantitative estimate of drug-likeness (QED) is 0.285. The van der Waals surface area contributed by atoms with Crippen molar-refractivity contribution in [1.82, 2.24) is 4.57 Å². The number of nitro benzene ring substituents is 1. The molecule has 0 bridgehead atoms. The van der Waals surface area contributed by atoms with E-state index in [1.807, 2.05) is 30.3 Å². The number of benzene rings is 2. The van der Waals surface area contributed by atoms with Crippen molar-refractivity contribution in [2.24, 2.45) is 4.99 Å². The molecule has 0 unspecified atom stereocenters. The number of hydrogen-bond acceptors (Lipinski definition) is 6. The number of nitrogens with zero attached hydrogens (tertiary/aromatic N) is 3. The third-order valence-electron chi connectivity index (χ3n) is 3.81. The smallest absolute Gasteiger partial charge is 0.325 e. The van der Waals surface area contributed by atoms with E-state index < -0.39 is 16.8 Å². The van der Waals surface area contributed by atoms with Crippen LogP contribution in [0, 0.1) is 10.1 Å². The van der Waals surface area contributed by atoms with Gasteiger partial charge in [0.15, 0.2) is 4.80 Å². The topological polar surface area (TPSA) is 104 Å². The van der Waals surface area contributed by atoms with E-state index in [2.05, 4.69) is 9.73 Å². The standard InChI is InChI=1S/C19H15N3O5S/c1-27-18(24)12-21-15-11-14(22(25)26)8-9-16(15)28-19(21)20-17(23)10-7-13-5-3-2-4-6-13/h2-11H,12H2,1H3. The zero-order valence-electron chi connectivity index (χ0n) is 14.8. The van der Waals surface area contributed by atoms with Gasteiger partial charge in [0, 0.05) is 18.2 Å². The summed E-state index contributed by atoms with van der Waals surface area (Å²) in [6.07, 6.45) is 2.96. The minimum Gasteiger partial charge on any atom is -0.468 e. The van der Waals surface area contributed by atoms with E-state index in [0.717, 1.165) is 16.9 Å². The van der Waals surface area contributed by atoms with Crippen LogP contribution in [-0.2, 0) is 20.9 Å². The second kappa shape index (κ2) is 8.40. The molecule has 9 heteroatoms. The van der Waals surface area contributed by atoms with E-state index in [4.69, 9.17) is 0 Å². The minimum atomic E-state index is -0.556. The molecule has 0 N–H and O–H groups in total. The van der Waals surface area contributed by atoms with Crippen molar-refractivity contribution in [2.75, 3.05) is 7.11 Å². The summed E-state index contributed by atoms with van der Waals surface area (Å²) in [7, 11) is 1.24. The number of rotatable bonds is 5. The summed E-state index contributed by atoms with van der Waals surface area (Å²) in [5.74, 6) is -1.07. The minimum absolute atomic E-state index is 0.120. The summed E-state index contributed by atoms with van der Waals surface area (Å²) in [6.45, 7) is -0.216. The van der Waals surface area contributed by atoms with Crippen LogP contribution < -0.4 is 4.80 Å². The number of thiazole rings is 1. The van der Waals surface area contributed by atoms with Crippen LogP contribution in [0.3, 0.4) is 0 Å². The van der Waals surface area contributed by atoms with Crippen molar-refractivity contribution < 1.29 is 19.2 Å². The summed E-state index contributed by atoms with van der Waals surface area (Å²) in [5, 5.41) is 11.1. The summed E-state index contributed by atoms with van der Waals surface area (Å²) >= 11 is 1.16. The molecule has 8 nitrogen and oxygen atoms in total. The zero-order valence-corrected chi connectivity index (χ0v) is 15.6. The lowest BCUT2D eigenvalue weighted by molar-refractivity contribution is -0.384. The van der Waals surface area contributed by atoms with Crippen LogP contribution in [0.15, 0.2) is 59.6 Å². The van der Waals surface area contributed by atoms with Gasteiger partial charge in [0.05, 0.1) is 22.2 Å². The van der Waals surface area contributed by atoms with Crippen LogP contribution in [-0.4, -0.2) is 28.5 Å². The predicted molar refractivity (Wildman–Crippen MR) is 105 cm³/mol. The van der Waals surface area contributed by atoms with Gasteiger partial charge in [-0.15, -0.1) is 0 Å². The molecule has 0 spiro atoms. The van der Waals surface area contributed by atoms with Crippen molar-refractivity contribution in [3.63, 3.8) is 0 Å². The third-order valence-corrected chi connectivity index (χ3v) is 4.87. The van der Waals surface area contributed by atoms with Crippen molar-refractivity contribution in [3.05, 3.63) is 75.1 Å². The van der Waals surface area contributed by atoms with Gasteiger partial charge in [0.1, 0.15) is 6.54 Å². The van der Waals surface area contributed by atoms with Gasteiger partial charge in [-0.3, -0.25) is 19.7 Å². The molecule has 0 atom stereocenters. The molecular formula is C19H15N3O5S. The number of carbonyl (C=O) groups excluding carboxylic acids is 2. The van der Waals surface area contributed by atoms with Gasteiger partial charge in [-0.25, -0.2) is 0 Å². The fraction of sp³-hybridized carbons (Fsp3) is 0.105. The first-order valence-electron chi connectivity index (χ1n) is 8.14. The molecule has 0 aliphatic heterocycles. The molecule has 1 heterocycles. The molecule has 1 amide bonds. The average molecular weight is 397 g/mol. The van der Waals surface area contributed by atoms with Crippen LogP contribution in [0.4, 0.5) is 5.69 Å². The number of methoxy groups -OCH3 is 1. The van der Waals surface area contributed by atoms with Crippen LogP contribution in [0.1, 0.15) is 5.56 Å². The van der Waals surface area contributed by atoms with Gasteiger partial charge < -0.3 is 9.30 Å². The van der Waals surface area contributed by atoms with Gasteiger partial charge >= 0.3 is 5.97 Å². The van der Waals surface area contributed by atoms with Crippen LogP contribution in [0.25, 0.3) is 16.3 Å². The zero-order chi connectivity index (χ0) is 20.1. The maximum Gasteiger partial charge on any atom is 0.325 e. The lowest BCUT2D eigenvalue weighted by Gasteiger charge is -2.03. The fourth-order valence-corrected chi connectivity index (χ4v) is 3.48. The van der Waals surface area contributed by atoms with Crippen molar-refractivity contribution in [2.45, 2.75) is 6.54 Å². The van der Waals surface area contributed by atoms with Gasteiger partial charge in [0.25, 0.3) is 11.6 Å². The van der Waals surface area contributed by atoms with Crippen LogP contribution in [0.5, 0.6) is 0 Å². The predicted octanol–water partition coefficient (Wildman–Crippen LogP) is 2.92. The second-order valence-corrected chi connectivity index (χ2v) is 6.66. The number of ether oxygens (including phenoxy) is 1. The Balaban J connectivity index is 2.05. The number of fused-ring (bicyclic) bond motifs is 1. The van der Waals surface area contributed by atoms with Gasteiger partial charge in [-0.1, -0.05) is 41.7 Å². The number of carbonyl (C=O) groups is 2. The number of non-ortho nitro benzene ring substituents is 1. The Bertz CT molecular complexity index is 1150. The second-order valence-electron chi connectivity index (χ2n) is 5.65. The molecule has 0 aliphatic carbocycles. The number of nitro groups is 1. The van der Waals surface area contributed by atoms with E-state index in [1.165, 1.54) is 29.9 Å². The largest absolute Gasteiger partial charge is 0.468 e. The summed E-state index contributed by atoms with van der Waals surface area (Å²) in [6, 6.07) is 13.5. The Labute approximate surface area is 163 Å². The molecule has 3 rings (SSSR count). The molecular weight excluding hydrogens is 382 g/mol. The number of esters is 1. The summed E-state index contributed by atoms with van der Waals surface area (Å²) < 4.78 is 6.78. The van der Waals surface area contributed by atoms with Crippen LogP contribution in [0.2, 0.25) is 0 Å². The summed E-state index contributed by atoms with van der Waals surface area (Å²) in [5.41, 5.74) is 1.16. The SMILES string of the molecule is COC(=O)Cn1c(=NC(=O)C=Cc2ccccc2)sc2ccc([N+](=O)[O-])cc21. The highest BCUT2D eigenvalue weighted by Crippen LogP contribution is 2.23. The molecule has 3 aromatic rings. The maximum atomic E-state index is 12.3. The van der Waals surface area contributed by atoms with E-state index in [9.17, 15) is 19.7 Å². The van der Waals surface area contributed by atoms with Crippen molar-refractivity contribution in [3.8, 4) is 0 Å². The van der Waals surface area contributed by atoms with Crippen molar-refractivity contribution in [1.29, 1.82) is 0 Å². The van der Waals surface area contributed by atoms with Gasteiger partial charge in [-0.2, -0.15) is 4.99 Å². The fourth-order valence-electron chi connectivity index (χ4n) is 2.47. The van der Waals surface area contributed by atoms with E-state index in [1.54, 1.807) is 12.1 Å². The molecule has 28 heavy (non-hydrogen) atoms. The van der Waals surface area contributed by atoms with Crippen LogP contribution >= 0.6 is 11.3 Å². The first kappa shape index (κ1) is 19.2. The monoisotopic (exact) mass is 397 g/mol. The Hall–Kier alpha value is -3.59. The normalized spacial score (nSPS) is 11.8. The van der Waals surface area contributed by atoms with E-state index >= 15 is 0 Å². The highest BCUT2D eigenvalue weighted by Gasteiger charge is 2.15. The Morgan fingerprint density at radius 2 is 2.00 bits per heavy atom. The lowest BCUT2D eigenvalue weighted by atomic mass is 10.2. The highest BCUT2D eigenvalue weighted by molar-refractivity contribution is 7.16. The number of amides is 1. The lowest BCUT2D eigenvalue weighted by Crippen LogP contribution is -2.22. The highest BCUT2D eigenvalue weighted by atomic mass is 32.1. The Morgan fingerprint density at radius 1 is 1.25 bits per heavy atom.